The van der Waals surface area contributed by atoms with Crippen LogP contribution in [0.2, 0.25) is 10.0 Å². The van der Waals surface area contributed by atoms with E-state index in [9.17, 15) is 17.6 Å². The Morgan fingerprint density at radius 1 is 1.09 bits per heavy atom. The highest BCUT2D eigenvalue weighted by Gasteiger charge is 2.30. The normalized spacial score (nSPS) is 11.5. The third kappa shape index (κ3) is 6.65. The number of sulfonamides is 1. The summed E-state index contributed by atoms with van der Waals surface area (Å²) in [5.41, 5.74) is 0.720. The first-order valence-corrected chi connectivity index (χ1v) is 12.9. The number of nitrogens with zero attached hydrogens (tertiary/aromatic N) is 2. The van der Waals surface area contributed by atoms with E-state index >= 15 is 0 Å². The summed E-state index contributed by atoms with van der Waals surface area (Å²) in [6.07, 6.45) is 1.40. The van der Waals surface area contributed by atoms with Gasteiger partial charge < -0.3 is 4.90 Å². The van der Waals surface area contributed by atoms with E-state index in [1.807, 2.05) is 17.5 Å². The Morgan fingerprint density at radius 2 is 1.82 bits per heavy atom. The summed E-state index contributed by atoms with van der Waals surface area (Å²) in [7, 11) is -4.13. The summed E-state index contributed by atoms with van der Waals surface area (Å²) in [4.78, 5) is 15.6. The van der Waals surface area contributed by atoms with Gasteiger partial charge in [0.25, 0.3) is 0 Å². The summed E-state index contributed by atoms with van der Waals surface area (Å²) in [6, 6.07) is 13.7. The lowest BCUT2D eigenvalue weighted by atomic mass is 10.2. The molecule has 0 aliphatic heterocycles. The molecule has 0 fully saturated rings. The molecule has 3 rings (SSSR count). The minimum Gasteiger partial charge on any atom is -0.332 e. The number of benzene rings is 2. The van der Waals surface area contributed by atoms with Crippen LogP contribution in [0.4, 0.5) is 4.39 Å². The van der Waals surface area contributed by atoms with Crippen molar-refractivity contribution in [3.05, 3.63) is 98.9 Å². The molecule has 1 heterocycles. The molecular weight excluding hydrogens is 506 g/mol. The first kappa shape index (κ1) is 25.4. The van der Waals surface area contributed by atoms with Gasteiger partial charge in [-0.05, 0) is 47.3 Å². The van der Waals surface area contributed by atoms with Crippen LogP contribution in [-0.2, 0) is 27.9 Å². The minimum absolute atomic E-state index is 0.00247. The fourth-order valence-corrected chi connectivity index (χ4v) is 5.91. The molecule has 0 saturated carbocycles. The zero-order valence-corrected chi connectivity index (χ0v) is 20.6. The Balaban J connectivity index is 1.88. The molecule has 0 unspecified atom stereocenters. The number of halogens is 3. The van der Waals surface area contributed by atoms with Crippen molar-refractivity contribution >= 4 is 50.5 Å². The molecule has 0 bridgehead atoms. The zero-order valence-electron chi connectivity index (χ0n) is 17.5. The SMILES string of the molecule is C=CCN(CC(=O)N(Cc1ccc(F)cc1)Cc1cccs1)S(=O)(=O)c1cc(Cl)ccc1Cl. The van der Waals surface area contributed by atoms with Crippen molar-refractivity contribution in [2.45, 2.75) is 18.0 Å². The molecule has 2 aromatic carbocycles. The minimum atomic E-state index is -4.13. The number of amides is 1. The number of hydrogen-bond acceptors (Lipinski definition) is 4. The predicted molar refractivity (Wildman–Crippen MR) is 130 cm³/mol. The molecule has 0 radical (unpaired) electrons. The van der Waals surface area contributed by atoms with Gasteiger partial charge >= 0.3 is 0 Å². The van der Waals surface area contributed by atoms with Crippen LogP contribution in [-0.4, -0.2) is 36.6 Å². The second-order valence-corrected chi connectivity index (χ2v) is 10.9. The molecule has 3 aromatic rings. The van der Waals surface area contributed by atoms with E-state index in [1.54, 1.807) is 12.1 Å². The lowest BCUT2D eigenvalue weighted by Gasteiger charge is -2.27. The number of carbonyl (C=O) groups excluding carboxylic acids is 1. The highest BCUT2D eigenvalue weighted by molar-refractivity contribution is 7.89. The average Bonchev–Trinajstić information content (AvgIpc) is 3.29. The third-order valence-corrected chi connectivity index (χ3v) is 8.11. The maximum Gasteiger partial charge on any atom is 0.245 e. The van der Waals surface area contributed by atoms with E-state index < -0.39 is 22.5 Å². The first-order valence-electron chi connectivity index (χ1n) is 9.81. The fourth-order valence-electron chi connectivity index (χ4n) is 3.09. The molecule has 0 aliphatic carbocycles. The van der Waals surface area contributed by atoms with Crippen LogP contribution < -0.4 is 0 Å². The molecule has 0 aliphatic rings. The number of carbonyl (C=O) groups is 1. The van der Waals surface area contributed by atoms with Gasteiger partial charge in [-0.3, -0.25) is 4.79 Å². The largest absolute Gasteiger partial charge is 0.332 e. The smallest absolute Gasteiger partial charge is 0.245 e. The quantitative estimate of drug-likeness (QED) is 0.323. The van der Waals surface area contributed by atoms with E-state index in [4.69, 9.17) is 23.2 Å². The molecule has 33 heavy (non-hydrogen) atoms. The van der Waals surface area contributed by atoms with Crippen LogP contribution in [0, 0.1) is 5.82 Å². The Labute approximate surface area is 206 Å². The lowest BCUT2D eigenvalue weighted by Crippen LogP contribution is -2.42. The second kappa shape index (κ2) is 11.3. The summed E-state index contributed by atoms with van der Waals surface area (Å²) in [6.45, 7) is 3.57. The van der Waals surface area contributed by atoms with E-state index in [2.05, 4.69) is 6.58 Å². The molecule has 1 aromatic heterocycles. The Morgan fingerprint density at radius 3 is 2.45 bits per heavy atom. The monoisotopic (exact) mass is 526 g/mol. The summed E-state index contributed by atoms with van der Waals surface area (Å²) in [5, 5.41) is 2.10. The Kier molecular flexibility index (Phi) is 8.67. The van der Waals surface area contributed by atoms with E-state index in [-0.39, 0.29) is 40.4 Å². The molecule has 10 heteroatoms. The fraction of sp³-hybridized carbons (Fsp3) is 0.174. The van der Waals surface area contributed by atoms with Crippen molar-refractivity contribution in [2.24, 2.45) is 0 Å². The van der Waals surface area contributed by atoms with Crippen LogP contribution >= 0.6 is 34.5 Å². The van der Waals surface area contributed by atoms with Gasteiger partial charge in [0, 0.05) is 23.0 Å². The third-order valence-electron chi connectivity index (χ3n) is 4.72. The summed E-state index contributed by atoms with van der Waals surface area (Å²) >= 11 is 13.6. The topological polar surface area (TPSA) is 57.7 Å². The second-order valence-electron chi connectivity index (χ2n) is 7.12. The predicted octanol–water partition coefficient (Wildman–Crippen LogP) is 5.60. The van der Waals surface area contributed by atoms with Crippen LogP contribution in [0.15, 0.2) is 77.5 Å². The molecule has 0 atom stereocenters. The molecule has 0 saturated heterocycles. The van der Waals surface area contributed by atoms with Gasteiger partial charge in [-0.25, -0.2) is 12.8 Å². The van der Waals surface area contributed by atoms with Crippen molar-refractivity contribution < 1.29 is 17.6 Å². The van der Waals surface area contributed by atoms with Gasteiger partial charge in [0.2, 0.25) is 15.9 Å². The number of rotatable bonds is 10. The van der Waals surface area contributed by atoms with Gasteiger partial charge in [0.05, 0.1) is 18.1 Å². The van der Waals surface area contributed by atoms with Gasteiger partial charge in [-0.2, -0.15) is 4.31 Å². The molecule has 174 valence electrons. The molecule has 1 amide bonds. The highest BCUT2D eigenvalue weighted by Crippen LogP contribution is 2.28. The van der Waals surface area contributed by atoms with Crippen molar-refractivity contribution in [3.8, 4) is 0 Å². The van der Waals surface area contributed by atoms with Crippen molar-refractivity contribution in [1.82, 2.24) is 9.21 Å². The standard InChI is InChI=1S/C23H21Cl2FN2O3S2/c1-2-11-28(33(30,31)22-13-18(24)7-10-21(22)25)16-23(29)27(15-20-4-3-12-32-20)14-17-5-8-19(26)9-6-17/h2-10,12-13H,1,11,14-16H2. The van der Waals surface area contributed by atoms with E-state index in [1.165, 1.54) is 52.6 Å². The van der Waals surface area contributed by atoms with Gasteiger partial charge in [-0.15, -0.1) is 17.9 Å². The van der Waals surface area contributed by atoms with E-state index in [0.29, 0.717) is 0 Å². The van der Waals surface area contributed by atoms with E-state index in [0.717, 1.165) is 14.7 Å². The van der Waals surface area contributed by atoms with Crippen LogP contribution in [0.25, 0.3) is 0 Å². The summed E-state index contributed by atoms with van der Waals surface area (Å²) < 4.78 is 40.9. The Bertz CT molecular complexity index is 1220. The lowest BCUT2D eigenvalue weighted by molar-refractivity contribution is -0.132. The van der Waals surface area contributed by atoms with Crippen molar-refractivity contribution in [3.63, 3.8) is 0 Å². The summed E-state index contributed by atoms with van der Waals surface area (Å²) in [5.74, 6) is -0.798. The first-order chi connectivity index (χ1) is 15.7. The highest BCUT2D eigenvalue weighted by atomic mass is 35.5. The molecule has 0 N–H and O–H groups in total. The van der Waals surface area contributed by atoms with Gasteiger partial charge in [0.1, 0.15) is 10.7 Å². The average molecular weight is 527 g/mol. The van der Waals surface area contributed by atoms with Gasteiger partial charge in [-0.1, -0.05) is 47.5 Å². The maximum atomic E-state index is 13.3. The van der Waals surface area contributed by atoms with Crippen LogP contribution in [0.3, 0.4) is 0 Å². The van der Waals surface area contributed by atoms with Gasteiger partial charge in [0.15, 0.2) is 0 Å². The molecule has 0 spiro atoms. The van der Waals surface area contributed by atoms with Crippen molar-refractivity contribution in [1.29, 1.82) is 0 Å². The van der Waals surface area contributed by atoms with Crippen molar-refractivity contribution in [2.75, 3.05) is 13.1 Å². The van der Waals surface area contributed by atoms with Crippen LogP contribution in [0.5, 0.6) is 0 Å². The van der Waals surface area contributed by atoms with Crippen LogP contribution in [0.1, 0.15) is 10.4 Å². The molecule has 5 nitrogen and oxygen atoms in total. The zero-order chi connectivity index (χ0) is 24.0. The molecular formula is C23H21Cl2FN2O3S2. The maximum absolute atomic E-state index is 13.3. The number of thiophene rings is 1. The number of hydrogen-bond donors (Lipinski definition) is 0. The Hall–Kier alpha value is -2.23.